The van der Waals surface area contributed by atoms with Gasteiger partial charge in [-0.1, -0.05) is 183 Å². The highest BCUT2D eigenvalue weighted by molar-refractivity contribution is 6.89. The largest absolute Gasteiger partial charge is 0.207 e. The summed E-state index contributed by atoms with van der Waals surface area (Å²) < 4.78 is 63.5. The first-order valence-electron chi connectivity index (χ1n) is 22.4. The van der Waals surface area contributed by atoms with Crippen LogP contribution < -0.4 is 0 Å². The lowest BCUT2D eigenvalue weighted by molar-refractivity contribution is 0.556. The molecule has 322 valence electrons. The van der Waals surface area contributed by atoms with E-state index in [-0.39, 0.29) is 23.3 Å². The molecule has 66 heavy (non-hydrogen) atoms. The molecule has 0 radical (unpaired) electrons. The van der Waals surface area contributed by atoms with Crippen LogP contribution in [0.25, 0.3) is 22.3 Å². The van der Waals surface area contributed by atoms with E-state index in [1.54, 1.807) is 48.5 Å². The van der Waals surface area contributed by atoms with E-state index >= 15 is 17.6 Å². The average Bonchev–Trinajstić information content (AvgIpc) is 3.77. The van der Waals surface area contributed by atoms with Gasteiger partial charge in [-0.05, 0) is 139 Å². The molecule has 0 fully saturated rings. The van der Waals surface area contributed by atoms with E-state index in [1.807, 2.05) is 84.9 Å². The molecular weight excluding hydrogens is 853 g/mol. The topological polar surface area (TPSA) is 0 Å². The van der Waals surface area contributed by atoms with Gasteiger partial charge >= 0.3 is 0 Å². The Hall–Kier alpha value is -6.87. The summed E-state index contributed by atoms with van der Waals surface area (Å²) in [6, 6.07) is 69.3. The van der Waals surface area contributed by atoms with Crippen LogP contribution in [0.5, 0.6) is 0 Å². The highest BCUT2D eigenvalue weighted by Gasteiger charge is 2.53. The molecule has 6 heteroatoms. The maximum Gasteiger partial charge on any atom is 0.123 e. The van der Waals surface area contributed by atoms with Gasteiger partial charge in [-0.15, -0.1) is 0 Å². The molecule has 0 spiro atoms. The van der Waals surface area contributed by atoms with E-state index in [4.69, 9.17) is 0 Å². The van der Waals surface area contributed by atoms with Crippen molar-refractivity contribution < 1.29 is 17.6 Å². The zero-order valence-corrected chi connectivity index (χ0v) is 38.7. The Bertz CT molecular complexity index is 3030. The molecule has 0 nitrogen and oxygen atoms in total. The van der Waals surface area contributed by atoms with Crippen LogP contribution in [-0.2, 0) is 10.1 Å². The fourth-order valence-corrected chi connectivity index (χ4v) is 17.9. The summed E-state index contributed by atoms with van der Waals surface area (Å²) >= 11 is 0. The van der Waals surface area contributed by atoms with Crippen molar-refractivity contribution in [2.45, 2.75) is 36.0 Å². The zero-order chi connectivity index (χ0) is 45.4. The van der Waals surface area contributed by atoms with Crippen molar-refractivity contribution >= 4 is 49.4 Å². The van der Waals surface area contributed by atoms with Crippen LogP contribution in [0.1, 0.15) is 57.3 Å². The summed E-state index contributed by atoms with van der Waals surface area (Å²) in [6.45, 7) is 4.62. The third kappa shape index (κ3) is 7.38. The second-order valence-corrected chi connectivity index (χ2v) is 22.5. The van der Waals surface area contributed by atoms with Gasteiger partial charge in [0.2, 0.25) is 0 Å². The number of halogens is 4. The smallest absolute Gasteiger partial charge is 0.123 e. The molecule has 2 heterocycles. The third-order valence-corrected chi connectivity index (χ3v) is 20.6. The quantitative estimate of drug-likeness (QED) is 0.0896. The predicted octanol–water partition coefficient (Wildman–Crippen LogP) is 14.4. The minimum atomic E-state index is -1.89. The van der Waals surface area contributed by atoms with E-state index in [2.05, 4.69) is 73.8 Å². The molecule has 0 saturated carbocycles. The second kappa shape index (κ2) is 17.8. The van der Waals surface area contributed by atoms with Gasteiger partial charge in [0.05, 0.1) is 0 Å². The highest BCUT2D eigenvalue weighted by atomic mass is 28.2. The molecule has 8 aromatic rings. The first-order valence-corrected chi connectivity index (χ1v) is 26.4. The Kier molecular flexibility index (Phi) is 11.6. The molecule has 2 aliphatic rings. The Morgan fingerprint density at radius 2 is 0.606 bits per heavy atom. The molecule has 10 rings (SSSR count). The van der Waals surface area contributed by atoms with Crippen molar-refractivity contribution in [3.8, 4) is 0 Å². The molecule has 2 unspecified atom stereocenters. The Morgan fingerprint density at radius 3 is 0.924 bits per heavy atom. The van der Waals surface area contributed by atoms with Crippen molar-refractivity contribution in [1.82, 2.24) is 0 Å². The van der Waals surface area contributed by atoms with E-state index in [1.165, 1.54) is 24.3 Å². The van der Waals surface area contributed by atoms with Crippen LogP contribution in [0, 0.1) is 23.3 Å². The van der Waals surface area contributed by atoms with Gasteiger partial charge in [-0.2, -0.15) is 0 Å². The highest BCUT2D eigenvalue weighted by Crippen LogP contribution is 2.58. The minimum absolute atomic E-state index is 0.326. The second-order valence-electron chi connectivity index (χ2n) is 17.3. The SMILES string of the molecule is C[Si]1=C(c2cccc(F)c2)C(c2ccccc2)=C(c2ccccc2)C1(CCC1(c2cccc(F)c2)C(c2ccccc2)=C(c2ccccc2)C(c2cccc(F)c2)=[Si]1C)c1cccc(F)c1. The molecule has 0 aromatic heterocycles. The molecule has 0 bridgehead atoms. The first-order chi connectivity index (χ1) is 32.2. The molecule has 0 N–H and O–H groups in total. The lowest BCUT2D eigenvalue weighted by Gasteiger charge is -2.42. The van der Waals surface area contributed by atoms with Crippen LogP contribution in [0.15, 0.2) is 218 Å². The van der Waals surface area contributed by atoms with Crippen LogP contribution >= 0.6 is 0 Å². The van der Waals surface area contributed by atoms with Gasteiger partial charge in [-0.3, -0.25) is 0 Å². The predicted molar refractivity (Wildman–Crippen MR) is 269 cm³/mol. The van der Waals surface area contributed by atoms with Gasteiger partial charge in [0, 0.05) is 26.9 Å². The Balaban J connectivity index is 1.36. The fourth-order valence-electron chi connectivity index (χ4n) is 11.2. The maximum atomic E-state index is 16.2. The molecule has 2 atom stereocenters. The number of hydrogen-bond donors (Lipinski definition) is 0. The summed E-state index contributed by atoms with van der Waals surface area (Å²) in [5, 5.41) is 0.496. The molecule has 0 aliphatic carbocycles. The maximum absolute atomic E-state index is 16.2. The third-order valence-electron chi connectivity index (χ3n) is 13.9. The molecule has 2 aliphatic heterocycles. The standard InChI is InChI=1S/C60H46F4Si2/c1-65-57(45-27-15-31-49(61)37-45)53(41-19-7-3-8-20-41)55(43-23-11-5-12-24-43)59(65,47-29-17-33-51(63)39-47)35-36-60(48-30-18-34-52(64)40-48)56(44-25-13-6-14-26-44)54(42-21-9-4-10-22-42)58(66(60)2)46-28-16-32-50(62)38-46/h3-34,37-40H,35-36H2,1-2H3. The minimum Gasteiger partial charge on any atom is -0.207 e. The van der Waals surface area contributed by atoms with E-state index in [0.29, 0.717) is 12.8 Å². The van der Waals surface area contributed by atoms with Crippen molar-refractivity contribution in [3.05, 3.63) is 286 Å². The lowest BCUT2D eigenvalue weighted by atomic mass is 9.72. The van der Waals surface area contributed by atoms with Crippen molar-refractivity contribution in [3.63, 3.8) is 0 Å². The van der Waals surface area contributed by atoms with Gasteiger partial charge < -0.3 is 0 Å². The fraction of sp³-hybridized carbons (Fsp3) is 0.100. The van der Waals surface area contributed by atoms with Crippen molar-refractivity contribution in [1.29, 1.82) is 0 Å². The number of hydrogen-bond acceptors (Lipinski definition) is 0. The van der Waals surface area contributed by atoms with E-state index in [9.17, 15) is 0 Å². The Morgan fingerprint density at radius 1 is 0.318 bits per heavy atom. The molecule has 0 amide bonds. The van der Waals surface area contributed by atoms with Gasteiger partial charge in [0.15, 0.2) is 0 Å². The molecule has 0 saturated heterocycles. The first kappa shape index (κ1) is 43.0. The Labute approximate surface area is 387 Å². The number of allylic oxidation sites excluding steroid dienone is 4. The zero-order valence-electron chi connectivity index (χ0n) is 36.7. The average molecular weight is 899 g/mol. The van der Waals surface area contributed by atoms with Gasteiger partial charge in [0.1, 0.15) is 23.3 Å². The lowest BCUT2D eigenvalue weighted by Crippen LogP contribution is -2.43. The van der Waals surface area contributed by atoms with Crippen LogP contribution in [0.3, 0.4) is 0 Å². The van der Waals surface area contributed by atoms with Gasteiger partial charge in [-0.25, -0.2) is 17.6 Å². The van der Waals surface area contributed by atoms with Crippen LogP contribution in [0.2, 0.25) is 13.1 Å². The van der Waals surface area contributed by atoms with E-state index in [0.717, 1.165) is 77.1 Å². The summed E-state index contributed by atoms with van der Waals surface area (Å²) in [5.74, 6) is -1.33. The number of rotatable bonds is 11. The van der Waals surface area contributed by atoms with E-state index < -0.39 is 26.9 Å². The molecule has 8 aromatic carbocycles. The van der Waals surface area contributed by atoms with Crippen molar-refractivity contribution in [2.24, 2.45) is 0 Å². The monoisotopic (exact) mass is 898 g/mol. The summed E-state index contributed by atoms with van der Waals surface area (Å²) in [4.78, 5) is 0. The normalized spacial score (nSPS) is 18.5. The molecular formula is C60H46F4Si2. The summed E-state index contributed by atoms with van der Waals surface area (Å²) in [7, 11) is -3.78. The van der Waals surface area contributed by atoms with Gasteiger partial charge in [0.25, 0.3) is 0 Å². The number of benzene rings is 8. The van der Waals surface area contributed by atoms with Crippen LogP contribution in [-0.4, -0.2) is 27.2 Å². The summed E-state index contributed by atoms with van der Waals surface area (Å²) in [5.41, 5.74) is 11.5. The van der Waals surface area contributed by atoms with Crippen molar-refractivity contribution in [2.75, 3.05) is 0 Å². The summed E-state index contributed by atoms with van der Waals surface area (Å²) in [6.07, 6.45) is 1.04. The van der Waals surface area contributed by atoms with Crippen LogP contribution in [0.4, 0.5) is 17.6 Å².